The molecule has 0 N–H and O–H groups in total. The molecule has 0 atom stereocenters. The molecule has 0 aliphatic heterocycles. The minimum atomic E-state index is 0.668. The average molecular weight is 830 g/mol. The van der Waals surface area contributed by atoms with Gasteiger partial charge in [-0.1, -0.05) is 206 Å². The topological polar surface area (TPSA) is 56.5 Å². The van der Waals surface area contributed by atoms with Gasteiger partial charge in [-0.25, -0.2) is 19.9 Å². The zero-order valence-electron chi connectivity index (χ0n) is 35.3. The van der Waals surface area contributed by atoms with Crippen LogP contribution in [0.25, 0.3) is 117 Å². The van der Waals surface area contributed by atoms with Crippen molar-refractivity contribution in [2.75, 3.05) is 0 Å². The quantitative estimate of drug-likeness (QED) is 0.143. The lowest BCUT2D eigenvalue weighted by molar-refractivity contribution is 1.10. The van der Waals surface area contributed by atoms with E-state index in [2.05, 4.69) is 217 Å². The van der Waals surface area contributed by atoms with Gasteiger partial charge in [0.15, 0.2) is 5.82 Å². The predicted molar refractivity (Wildman–Crippen MR) is 268 cm³/mol. The maximum Gasteiger partial charge on any atom is 0.160 e. The molecule has 0 unspecified atom stereocenters. The zero-order valence-corrected chi connectivity index (χ0v) is 35.3. The van der Waals surface area contributed by atoms with Crippen LogP contribution in [0.1, 0.15) is 0 Å². The van der Waals surface area contributed by atoms with E-state index in [0.29, 0.717) is 5.82 Å². The Labute approximate surface area is 376 Å². The first-order chi connectivity index (χ1) is 32.2. The van der Waals surface area contributed by atoms with E-state index in [0.717, 1.165) is 111 Å². The summed E-state index contributed by atoms with van der Waals surface area (Å²) in [7, 11) is 0. The monoisotopic (exact) mass is 829 g/mol. The van der Waals surface area contributed by atoms with Crippen molar-refractivity contribution in [3.63, 3.8) is 0 Å². The second-order valence-electron chi connectivity index (χ2n) is 16.2. The van der Waals surface area contributed by atoms with Crippen LogP contribution in [0.15, 0.2) is 237 Å². The Bertz CT molecular complexity index is 3600. The van der Waals surface area contributed by atoms with Gasteiger partial charge in [0.25, 0.3) is 0 Å². The fourth-order valence-corrected chi connectivity index (χ4v) is 9.15. The van der Waals surface area contributed by atoms with E-state index in [1.54, 1.807) is 0 Å². The van der Waals surface area contributed by atoms with Crippen molar-refractivity contribution in [3.8, 4) is 84.5 Å². The molecule has 0 amide bonds. The molecule has 3 aromatic heterocycles. The maximum absolute atomic E-state index is 5.50. The van der Waals surface area contributed by atoms with Crippen LogP contribution in [-0.2, 0) is 0 Å². The molecule has 0 bridgehead atoms. The van der Waals surface area contributed by atoms with Crippen molar-refractivity contribution in [2.45, 2.75) is 0 Å². The van der Waals surface area contributed by atoms with Crippen LogP contribution in [-0.4, -0.2) is 24.5 Å². The molecule has 0 saturated heterocycles. The molecule has 0 spiro atoms. The van der Waals surface area contributed by atoms with Gasteiger partial charge in [0.05, 0.1) is 33.6 Å². The average Bonchev–Trinajstić information content (AvgIpc) is 3.80. The first-order valence-corrected chi connectivity index (χ1v) is 21.9. The Kier molecular flexibility index (Phi) is 9.42. The van der Waals surface area contributed by atoms with E-state index < -0.39 is 0 Å². The normalized spacial score (nSPS) is 11.4. The second-order valence-corrected chi connectivity index (χ2v) is 16.2. The fourth-order valence-electron chi connectivity index (χ4n) is 9.15. The third kappa shape index (κ3) is 6.83. The molecule has 304 valence electrons. The van der Waals surface area contributed by atoms with Gasteiger partial charge in [-0.05, 0) is 52.4 Å². The number of nitrogens with zero attached hydrogens (tertiary/aromatic N) is 5. The summed E-state index contributed by atoms with van der Waals surface area (Å²) in [5, 5.41) is 3.21. The van der Waals surface area contributed by atoms with Crippen LogP contribution in [0, 0.1) is 0 Å². The van der Waals surface area contributed by atoms with Gasteiger partial charge >= 0.3 is 0 Å². The predicted octanol–water partition coefficient (Wildman–Crippen LogP) is 15.2. The summed E-state index contributed by atoms with van der Waals surface area (Å²) in [5.74, 6) is 1.55. The molecule has 65 heavy (non-hydrogen) atoms. The van der Waals surface area contributed by atoms with Gasteiger partial charge in [0, 0.05) is 49.8 Å². The molecule has 0 aliphatic rings. The number of aromatic nitrogens is 5. The molecule has 0 fully saturated rings. The number of para-hydroxylation sites is 2. The minimum Gasteiger partial charge on any atom is -0.292 e. The maximum atomic E-state index is 5.50. The van der Waals surface area contributed by atoms with E-state index in [9.17, 15) is 0 Å². The van der Waals surface area contributed by atoms with E-state index in [1.165, 1.54) is 0 Å². The van der Waals surface area contributed by atoms with Crippen LogP contribution in [0.2, 0.25) is 0 Å². The molecule has 5 nitrogen and oxygen atoms in total. The van der Waals surface area contributed by atoms with Crippen molar-refractivity contribution in [3.05, 3.63) is 237 Å². The van der Waals surface area contributed by atoms with Crippen molar-refractivity contribution in [2.24, 2.45) is 0 Å². The van der Waals surface area contributed by atoms with Crippen molar-refractivity contribution < 1.29 is 0 Å². The summed E-state index contributed by atoms with van der Waals surface area (Å²) in [5.41, 5.74) is 15.8. The highest BCUT2D eigenvalue weighted by molar-refractivity contribution is 6.20. The Hall–Kier alpha value is -8.80. The van der Waals surface area contributed by atoms with Gasteiger partial charge in [-0.2, -0.15) is 0 Å². The summed E-state index contributed by atoms with van der Waals surface area (Å²) in [6.45, 7) is 0. The highest BCUT2D eigenvalue weighted by Gasteiger charge is 2.23. The lowest BCUT2D eigenvalue weighted by Crippen LogP contribution is -2.01. The van der Waals surface area contributed by atoms with Crippen LogP contribution < -0.4 is 0 Å². The lowest BCUT2D eigenvalue weighted by Gasteiger charge is -2.18. The highest BCUT2D eigenvalue weighted by Crippen LogP contribution is 2.43. The van der Waals surface area contributed by atoms with Crippen LogP contribution >= 0.6 is 0 Å². The minimum absolute atomic E-state index is 0.668. The molecule has 12 rings (SSSR count). The first-order valence-electron chi connectivity index (χ1n) is 21.9. The fraction of sp³-hybridized carbons (Fsp3) is 0. The Morgan fingerprint density at radius 2 is 0.815 bits per heavy atom. The summed E-state index contributed by atoms with van der Waals surface area (Å²) in [6, 6.07) is 82.4. The van der Waals surface area contributed by atoms with Crippen molar-refractivity contribution >= 4 is 32.7 Å². The van der Waals surface area contributed by atoms with Crippen LogP contribution in [0.5, 0.6) is 0 Å². The molecule has 0 saturated carbocycles. The smallest absolute Gasteiger partial charge is 0.160 e. The summed E-state index contributed by atoms with van der Waals surface area (Å²) < 4.78 is 2.27. The Morgan fingerprint density at radius 1 is 0.308 bits per heavy atom. The number of benzene rings is 9. The summed E-state index contributed by atoms with van der Waals surface area (Å²) >= 11 is 0. The summed E-state index contributed by atoms with van der Waals surface area (Å²) in [4.78, 5) is 21.8. The van der Waals surface area contributed by atoms with Crippen molar-refractivity contribution in [1.82, 2.24) is 24.5 Å². The molecule has 9 aromatic carbocycles. The number of hydrogen-bond donors (Lipinski definition) is 0. The van der Waals surface area contributed by atoms with Gasteiger partial charge < -0.3 is 0 Å². The Balaban J connectivity index is 1.08. The van der Waals surface area contributed by atoms with Crippen LogP contribution in [0.4, 0.5) is 0 Å². The molecule has 12 aromatic rings. The zero-order chi connectivity index (χ0) is 43.1. The molecule has 0 aliphatic carbocycles. The SMILES string of the molecule is c1ccc(-c2cccc(-c3nc(-c4ccccc4)c(-c4ccc(-c5nc6ccccc6c6ccc7c(nc(-c8ccccc8)n7-c7ccccc7)c56)cc4)c(-c4ccccc4)n3)c2)cc1. The Morgan fingerprint density at radius 3 is 1.46 bits per heavy atom. The highest BCUT2D eigenvalue weighted by atomic mass is 15.1. The largest absolute Gasteiger partial charge is 0.292 e. The number of fused-ring (bicyclic) bond motifs is 5. The standard InChI is InChI=1S/C60H39N5/c1-6-19-40(20-7-1)46-27-18-28-47(39-46)59-62-55(42-21-8-2-9-22-42)53(56(63-59)43-23-10-3-11-24-43)41-33-35-44(36-34-41)57-54-50(49-31-16-17-32-51(49)61-57)37-38-52-58(54)64-60(45-25-12-4-13-26-45)65(52)48-29-14-5-15-30-48/h1-39H. The number of hydrogen-bond acceptors (Lipinski definition) is 4. The third-order valence-electron chi connectivity index (χ3n) is 12.2. The number of rotatable bonds is 8. The molecular weight excluding hydrogens is 791 g/mol. The lowest BCUT2D eigenvalue weighted by atomic mass is 9.92. The van der Waals surface area contributed by atoms with E-state index in [4.69, 9.17) is 19.9 Å². The van der Waals surface area contributed by atoms with E-state index >= 15 is 0 Å². The first kappa shape index (κ1) is 37.9. The molecule has 5 heteroatoms. The van der Waals surface area contributed by atoms with Gasteiger partial charge in [0.1, 0.15) is 5.82 Å². The van der Waals surface area contributed by atoms with Gasteiger partial charge in [-0.15, -0.1) is 0 Å². The van der Waals surface area contributed by atoms with Gasteiger partial charge in [-0.3, -0.25) is 4.57 Å². The number of imidazole rings is 1. The van der Waals surface area contributed by atoms with Gasteiger partial charge in [0.2, 0.25) is 0 Å². The summed E-state index contributed by atoms with van der Waals surface area (Å²) in [6.07, 6.45) is 0. The van der Waals surface area contributed by atoms with E-state index in [1.807, 2.05) is 24.3 Å². The second kappa shape index (κ2) is 16.2. The number of pyridine rings is 1. The third-order valence-corrected chi connectivity index (χ3v) is 12.2. The molecule has 3 heterocycles. The molecular formula is C60H39N5. The van der Waals surface area contributed by atoms with Crippen molar-refractivity contribution in [1.29, 1.82) is 0 Å². The molecule has 0 radical (unpaired) electrons. The van der Waals surface area contributed by atoms with Crippen LogP contribution in [0.3, 0.4) is 0 Å². The van der Waals surface area contributed by atoms with E-state index in [-0.39, 0.29) is 0 Å².